The summed E-state index contributed by atoms with van der Waals surface area (Å²) in [6.07, 6.45) is 12.6. The molecule has 4 amide bonds. The van der Waals surface area contributed by atoms with Crippen molar-refractivity contribution in [2.24, 2.45) is 0 Å². The Morgan fingerprint density at radius 3 is 1.43 bits per heavy atom. The fraction of sp³-hybridized carbons (Fsp3) is 0.324. The van der Waals surface area contributed by atoms with Crippen molar-refractivity contribution in [1.29, 1.82) is 0 Å². The summed E-state index contributed by atoms with van der Waals surface area (Å²) in [4.78, 5) is 92.8. The summed E-state index contributed by atoms with van der Waals surface area (Å²) in [5.41, 5.74) is 13.3. The molecule has 4 aromatic carbocycles. The second kappa shape index (κ2) is 32.1. The number of methoxy groups -OCH3 is 2. The Hall–Kier alpha value is -11.4. The van der Waals surface area contributed by atoms with Crippen molar-refractivity contribution in [3.8, 4) is 11.5 Å². The van der Waals surface area contributed by atoms with Crippen LogP contribution in [-0.2, 0) is 35.8 Å². The van der Waals surface area contributed by atoms with Crippen molar-refractivity contribution < 1.29 is 38.1 Å². The Morgan fingerprint density at radius 1 is 0.535 bits per heavy atom. The molecule has 0 radical (unpaired) electrons. The van der Waals surface area contributed by atoms with Gasteiger partial charge >= 0.3 is 12.2 Å². The number of rotatable bonds is 20. The van der Waals surface area contributed by atoms with E-state index in [0.717, 1.165) is 70.8 Å². The topological polar surface area (TPSA) is 285 Å². The van der Waals surface area contributed by atoms with Crippen LogP contribution in [0.3, 0.4) is 0 Å². The fourth-order valence-electron chi connectivity index (χ4n) is 12.1. The van der Waals surface area contributed by atoms with Gasteiger partial charge in [0.1, 0.15) is 30.4 Å². The van der Waals surface area contributed by atoms with Crippen LogP contribution in [0.2, 0.25) is 5.15 Å². The molecule has 101 heavy (non-hydrogen) atoms. The summed E-state index contributed by atoms with van der Waals surface area (Å²) in [5, 5.41) is 18.5. The number of nitrogens with two attached hydrogens (primary N) is 1. The number of nitrogens with one attached hydrogen (secondary N) is 3. The van der Waals surface area contributed by atoms with E-state index in [0.29, 0.717) is 104 Å². The van der Waals surface area contributed by atoms with Gasteiger partial charge in [0.05, 0.1) is 43.7 Å². The molecule has 0 bridgehead atoms. The first-order valence-corrected chi connectivity index (χ1v) is 34.0. The first kappa shape index (κ1) is 69.5. The van der Waals surface area contributed by atoms with Crippen LogP contribution in [0.15, 0.2) is 180 Å². The number of benzene rings is 4. The highest BCUT2D eigenvalue weighted by Gasteiger charge is 2.31. The molecule has 0 unspecified atom stereocenters. The molecule has 26 nitrogen and oxygen atoms in total. The number of nitrogens with zero attached hydrogens (tertiary/aromatic N) is 12. The van der Waals surface area contributed by atoms with E-state index in [2.05, 4.69) is 31.0 Å². The molecule has 14 rings (SSSR count). The number of carbonyl (C=O) groups is 4. The van der Waals surface area contributed by atoms with Gasteiger partial charge in [-0.15, -0.1) is 5.10 Å². The van der Waals surface area contributed by atoms with E-state index in [9.17, 15) is 28.8 Å². The third-order valence-corrected chi connectivity index (χ3v) is 18.2. The molecule has 5 N–H and O–H groups in total. The number of imidazole rings is 2. The van der Waals surface area contributed by atoms with Gasteiger partial charge in [0.2, 0.25) is 0 Å². The number of carbonyl (C=O) groups excluding carboxylic acids is 4. The summed E-state index contributed by atoms with van der Waals surface area (Å²) in [7, 11) is 7.18. The van der Waals surface area contributed by atoms with Gasteiger partial charge < -0.3 is 69.4 Å². The number of piperidine rings is 2. The number of amides is 4. The van der Waals surface area contributed by atoms with Crippen LogP contribution in [0.5, 0.6) is 11.5 Å². The molecule has 8 heterocycles. The Kier molecular flexibility index (Phi) is 22.1. The zero-order valence-electron chi connectivity index (χ0n) is 56.7. The number of pyridine rings is 2. The molecule has 2 aliphatic carbocycles. The molecule has 0 spiro atoms. The summed E-state index contributed by atoms with van der Waals surface area (Å²) in [5.74, 6) is 1.55. The number of anilines is 5. The van der Waals surface area contributed by atoms with E-state index in [-0.39, 0.29) is 78.2 Å². The second-order valence-corrected chi connectivity index (χ2v) is 25.8. The number of nitrogen functional groups attached to an aromatic ring is 1. The van der Waals surface area contributed by atoms with E-state index in [1.165, 1.54) is 15.2 Å². The minimum atomic E-state index is -0.353. The standard InChI is InChI=1S/C37H40N8O5.C19H20ClN5O2.C18H21N3O3/c1-42(23-25-10-14-29(49-2)15-11-25)31-21-33(41-45-32(22-38-34(31)45)35(46)39-27-12-13-27)40-30-9-6-18-44(36(30)47)28-16-19-43(20-17-28)37(48)50-24-26-7-4-3-5-8-26;1-24(11-12-3-7-14(27-2)8-4-12)15-9-17(20)23-25-16(10-21-18(15)25)19(26)22-13-5-6-13;19-16-7-4-10-21(17(16)22)15-8-11-20(12-9-15)18(23)24-13-14-5-2-1-3-6-14/h3-11,14-15,18,21-22,27-28H,12-13,16-17,19-20,23-24H2,1-2H3,(H,39,46)(H,40,41);3-4,7-10,13H,5-6,11H2,1-2H3,(H,22,26);1-7,10,15H,8-9,11-13,19H2. The highest BCUT2D eigenvalue weighted by molar-refractivity contribution is 6.29. The van der Waals surface area contributed by atoms with Crippen molar-refractivity contribution in [3.05, 3.63) is 230 Å². The van der Waals surface area contributed by atoms with Crippen molar-refractivity contribution in [1.82, 2.24) is 58.8 Å². The van der Waals surface area contributed by atoms with Gasteiger partial charge in [0, 0.05) is 102 Å². The summed E-state index contributed by atoms with van der Waals surface area (Å²) >= 11 is 6.23. The van der Waals surface area contributed by atoms with Crippen molar-refractivity contribution in [3.63, 3.8) is 0 Å². The Bertz CT molecular complexity index is 4640. The highest BCUT2D eigenvalue weighted by Crippen LogP contribution is 2.31. The molecule has 524 valence electrons. The summed E-state index contributed by atoms with van der Waals surface area (Å²) in [6.45, 7) is 3.80. The number of ether oxygens (including phenoxy) is 4. The molecule has 0 atom stereocenters. The molecular formula is C74H81ClN16O10. The minimum absolute atomic E-state index is 0.0687. The SMILES string of the molecule is COc1ccc(CN(C)c2cc(Cl)nn3c(C(=O)NC4CC4)cnc23)cc1.COc1ccc(CN(C)c2cc(Nc3cccn(C4CCN(C(=O)OCc5ccccc5)CC4)c3=O)nn3c(C(=O)NC4CC4)cnc23)cc1.Nc1cccn(C2CCN(C(=O)OCc3ccccc3)CC2)c1=O. The molecule has 2 saturated heterocycles. The Labute approximate surface area is 588 Å². The average molecular weight is 1390 g/mol. The molecule has 10 aromatic rings. The zero-order valence-corrected chi connectivity index (χ0v) is 57.4. The van der Waals surface area contributed by atoms with Crippen LogP contribution in [0.1, 0.15) is 107 Å². The third kappa shape index (κ3) is 17.5. The van der Waals surface area contributed by atoms with Crippen LogP contribution >= 0.6 is 11.6 Å². The van der Waals surface area contributed by atoms with Crippen LogP contribution in [0.4, 0.5) is 38.2 Å². The zero-order chi connectivity index (χ0) is 70.5. The largest absolute Gasteiger partial charge is 0.497 e. The lowest BCUT2D eigenvalue weighted by Crippen LogP contribution is -2.41. The van der Waals surface area contributed by atoms with Gasteiger partial charge in [0.15, 0.2) is 33.7 Å². The molecule has 27 heteroatoms. The van der Waals surface area contributed by atoms with E-state index in [4.69, 9.17) is 41.4 Å². The number of aromatic nitrogens is 8. The van der Waals surface area contributed by atoms with Gasteiger partial charge in [-0.25, -0.2) is 28.6 Å². The van der Waals surface area contributed by atoms with E-state index >= 15 is 0 Å². The van der Waals surface area contributed by atoms with Crippen LogP contribution in [0.25, 0.3) is 11.3 Å². The van der Waals surface area contributed by atoms with Gasteiger partial charge in [-0.1, -0.05) is 96.5 Å². The van der Waals surface area contributed by atoms with Crippen molar-refractivity contribution in [2.45, 2.75) is 102 Å². The maximum absolute atomic E-state index is 13.8. The Balaban J connectivity index is 0.000000159. The number of hydrogen-bond acceptors (Lipinski definition) is 18. The smallest absolute Gasteiger partial charge is 0.410 e. The van der Waals surface area contributed by atoms with Crippen molar-refractivity contribution >= 4 is 75.5 Å². The van der Waals surface area contributed by atoms with Crippen LogP contribution in [-0.4, -0.2) is 139 Å². The third-order valence-electron chi connectivity index (χ3n) is 18.0. The number of hydrogen-bond donors (Lipinski definition) is 4. The fourth-order valence-corrected chi connectivity index (χ4v) is 12.3. The normalized spacial score (nSPS) is 14.5. The minimum Gasteiger partial charge on any atom is -0.497 e. The predicted octanol–water partition coefficient (Wildman–Crippen LogP) is 10.5. The number of fused-ring (bicyclic) bond motifs is 2. The van der Waals surface area contributed by atoms with Gasteiger partial charge in [-0.3, -0.25) is 19.2 Å². The lowest BCUT2D eigenvalue weighted by Gasteiger charge is -2.32. The van der Waals surface area contributed by atoms with E-state index < -0.39 is 0 Å². The lowest BCUT2D eigenvalue weighted by atomic mass is 10.0. The average Bonchev–Trinajstić information content (AvgIpc) is 1.68. The summed E-state index contributed by atoms with van der Waals surface area (Å²) in [6, 6.07) is 45.8. The molecule has 2 saturated carbocycles. The lowest BCUT2D eigenvalue weighted by molar-refractivity contribution is 0.0822. The van der Waals surface area contributed by atoms with Gasteiger partial charge in [-0.2, -0.15) is 5.10 Å². The first-order chi connectivity index (χ1) is 49.0. The highest BCUT2D eigenvalue weighted by atomic mass is 35.5. The van der Waals surface area contributed by atoms with Crippen molar-refractivity contribution in [2.75, 3.05) is 75.3 Å². The molecular weight excluding hydrogens is 1310 g/mol. The maximum atomic E-state index is 13.8. The van der Waals surface area contributed by atoms with Gasteiger partial charge in [0.25, 0.3) is 22.9 Å². The van der Waals surface area contributed by atoms with E-state index in [1.54, 1.807) is 76.0 Å². The monoisotopic (exact) mass is 1390 g/mol. The number of likely N-dealkylation sites (tertiary alicyclic amines) is 2. The van der Waals surface area contributed by atoms with Crippen LogP contribution < -0.4 is 52.1 Å². The molecule has 4 fully saturated rings. The van der Waals surface area contributed by atoms with E-state index in [1.807, 2.05) is 145 Å². The second-order valence-electron chi connectivity index (χ2n) is 25.4. The first-order valence-electron chi connectivity index (χ1n) is 33.6. The Morgan fingerprint density at radius 2 is 0.970 bits per heavy atom. The molecule has 4 aliphatic rings. The molecule has 6 aromatic heterocycles. The number of halogens is 1. The van der Waals surface area contributed by atoms with Gasteiger partial charge in [-0.05, 0) is 122 Å². The summed E-state index contributed by atoms with van der Waals surface area (Å²) < 4.78 is 27.8. The quantitative estimate of drug-likeness (QED) is 0.0552. The van der Waals surface area contributed by atoms with Crippen LogP contribution in [0, 0.1) is 0 Å². The predicted molar refractivity (Wildman–Crippen MR) is 384 cm³/mol. The maximum Gasteiger partial charge on any atom is 0.410 e. The molecule has 2 aliphatic heterocycles.